The van der Waals surface area contributed by atoms with E-state index in [4.69, 9.17) is 9.47 Å². The van der Waals surface area contributed by atoms with Gasteiger partial charge in [0.25, 0.3) is 5.56 Å². The normalized spacial score (nSPS) is 10.5. The first kappa shape index (κ1) is 20.1. The quantitative estimate of drug-likeness (QED) is 0.590. The smallest absolute Gasteiger partial charge is 0.264 e. The second kappa shape index (κ2) is 8.60. The van der Waals surface area contributed by atoms with E-state index < -0.39 is 0 Å². The van der Waals surface area contributed by atoms with Crippen molar-refractivity contribution in [3.05, 3.63) is 63.9 Å². The highest BCUT2D eigenvalue weighted by molar-refractivity contribution is 6.02. The number of ketones is 1. The number of anilines is 2. The van der Waals surface area contributed by atoms with Gasteiger partial charge in [-0.2, -0.15) is 5.10 Å². The molecule has 0 saturated carbocycles. The summed E-state index contributed by atoms with van der Waals surface area (Å²) >= 11 is 0. The Morgan fingerprint density at radius 1 is 1.07 bits per heavy atom. The molecule has 0 aliphatic rings. The fraction of sp³-hybridized carbons (Fsp3) is 0.227. The van der Waals surface area contributed by atoms with E-state index in [1.54, 1.807) is 26.4 Å². The summed E-state index contributed by atoms with van der Waals surface area (Å²) in [6.45, 7) is 3.54. The SMILES string of the molecule is CCc1cc(Nc2cc(OC)cc(OC)c2)c(C(C)=O)cc1-c1ccc(=O)[nH]n1. The third-order valence-electron chi connectivity index (χ3n) is 4.59. The number of aryl methyl sites for hydroxylation is 1. The zero-order valence-electron chi connectivity index (χ0n) is 16.8. The minimum Gasteiger partial charge on any atom is -0.497 e. The molecule has 29 heavy (non-hydrogen) atoms. The summed E-state index contributed by atoms with van der Waals surface area (Å²) in [6, 6.07) is 12.2. The van der Waals surface area contributed by atoms with Crippen LogP contribution in [0.15, 0.2) is 47.3 Å². The van der Waals surface area contributed by atoms with Gasteiger partial charge in [0.1, 0.15) is 11.5 Å². The van der Waals surface area contributed by atoms with Crippen molar-refractivity contribution in [2.45, 2.75) is 20.3 Å². The molecule has 0 aliphatic carbocycles. The molecule has 150 valence electrons. The minimum absolute atomic E-state index is 0.0873. The number of ether oxygens (including phenoxy) is 2. The summed E-state index contributed by atoms with van der Waals surface area (Å²) < 4.78 is 10.6. The Morgan fingerprint density at radius 2 is 1.76 bits per heavy atom. The van der Waals surface area contributed by atoms with Crippen LogP contribution in [0.25, 0.3) is 11.3 Å². The molecule has 0 aliphatic heterocycles. The molecule has 3 rings (SSSR count). The summed E-state index contributed by atoms with van der Waals surface area (Å²) in [4.78, 5) is 23.7. The molecule has 0 unspecified atom stereocenters. The van der Waals surface area contributed by atoms with Crippen LogP contribution in [-0.2, 0) is 6.42 Å². The topological polar surface area (TPSA) is 93.3 Å². The largest absolute Gasteiger partial charge is 0.497 e. The molecule has 2 N–H and O–H groups in total. The molecule has 0 amide bonds. The van der Waals surface area contributed by atoms with Crippen molar-refractivity contribution >= 4 is 17.2 Å². The molecule has 0 atom stereocenters. The number of rotatable bonds is 7. The summed E-state index contributed by atoms with van der Waals surface area (Å²) in [5.74, 6) is 1.19. The average Bonchev–Trinajstić information content (AvgIpc) is 2.73. The van der Waals surface area contributed by atoms with Crippen molar-refractivity contribution in [2.75, 3.05) is 19.5 Å². The molecule has 0 radical (unpaired) electrons. The Kier molecular flexibility index (Phi) is 5.97. The minimum atomic E-state index is -0.274. The lowest BCUT2D eigenvalue weighted by atomic mass is 9.96. The number of hydrogen-bond acceptors (Lipinski definition) is 6. The number of benzene rings is 2. The average molecular weight is 393 g/mol. The Hall–Kier alpha value is -3.61. The van der Waals surface area contributed by atoms with Crippen LogP contribution < -0.4 is 20.3 Å². The summed E-state index contributed by atoms with van der Waals surface area (Å²) in [7, 11) is 3.17. The molecular weight excluding hydrogens is 370 g/mol. The van der Waals surface area contributed by atoms with Crippen molar-refractivity contribution in [1.82, 2.24) is 10.2 Å². The highest BCUT2D eigenvalue weighted by Crippen LogP contribution is 2.33. The number of aromatic nitrogens is 2. The van der Waals surface area contributed by atoms with E-state index in [1.807, 2.05) is 31.2 Å². The fourth-order valence-corrected chi connectivity index (χ4v) is 3.10. The van der Waals surface area contributed by atoms with Gasteiger partial charge in [-0.25, -0.2) is 5.10 Å². The number of methoxy groups -OCH3 is 2. The van der Waals surface area contributed by atoms with E-state index in [0.29, 0.717) is 28.4 Å². The molecule has 1 heterocycles. The van der Waals surface area contributed by atoms with Gasteiger partial charge in [0.05, 0.1) is 19.9 Å². The van der Waals surface area contributed by atoms with Gasteiger partial charge in [-0.3, -0.25) is 9.59 Å². The number of carbonyl (C=O) groups is 1. The van der Waals surface area contributed by atoms with Crippen molar-refractivity contribution in [3.8, 4) is 22.8 Å². The summed E-state index contributed by atoms with van der Waals surface area (Å²) in [5.41, 5.74) is 4.07. The van der Waals surface area contributed by atoms with Crippen molar-refractivity contribution in [1.29, 1.82) is 0 Å². The highest BCUT2D eigenvalue weighted by atomic mass is 16.5. The molecule has 0 spiro atoms. The van der Waals surface area contributed by atoms with Gasteiger partial charge in [-0.05, 0) is 37.1 Å². The van der Waals surface area contributed by atoms with Gasteiger partial charge in [0.15, 0.2) is 5.78 Å². The number of hydrogen-bond donors (Lipinski definition) is 2. The third kappa shape index (κ3) is 4.45. The van der Waals surface area contributed by atoms with Crippen LogP contribution in [0.5, 0.6) is 11.5 Å². The van der Waals surface area contributed by atoms with E-state index in [2.05, 4.69) is 15.5 Å². The second-order valence-electron chi connectivity index (χ2n) is 6.50. The van der Waals surface area contributed by atoms with E-state index in [0.717, 1.165) is 23.2 Å². The lowest BCUT2D eigenvalue weighted by molar-refractivity contribution is 0.101. The van der Waals surface area contributed by atoms with Crippen LogP contribution in [-0.4, -0.2) is 30.2 Å². The third-order valence-corrected chi connectivity index (χ3v) is 4.59. The second-order valence-corrected chi connectivity index (χ2v) is 6.50. The zero-order valence-corrected chi connectivity index (χ0v) is 16.8. The van der Waals surface area contributed by atoms with Crippen LogP contribution in [0.2, 0.25) is 0 Å². The number of Topliss-reactive ketones (excluding diaryl/α,β-unsaturated/α-hetero) is 1. The van der Waals surface area contributed by atoms with E-state index >= 15 is 0 Å². The molecule has 2 aromatic carbocycles. The van der Waals surface area contributed by atoms with Crippen LogP contribution in [0.1, 0.15) is 29.8 Å². The standard InChI is InChI=1S/C22H23N3O4/c1-5-14-8-21(23-15-9-16(28-3)11-17(10-15)29-4)18(13(2)26)12-19(14)20-6-7-22(27)25-24-20/h6-12,23H,5H2,1-4H3,(H,25,27). The molecule has 0 bridgehead atoms. The molecule has 1 aromatic heterocycles. The van der Waals surface area contributed by atoms with Crippen LogP contribution in [0.4, 0.5) is 11.4 Å². The monoisotopic (exact) mass is 393 g/mol. The van der Waals surface area contributed by atoms with Gasteiger partial charge in [0.2, 0.25) is 0 Å². The lowest BCUT2D eigenvalue weighted by Crippen LogP contribution is -2.08. The summed E-state index contributed by atoms with van der Waals surface area (Å²) in [5, 5.41) is 9.87. The molecule has 0 fully saturated rings. The number of carbonyl (C=O) groups excluding carboxylic acids is 1. The van der Waals surface area contributed by atoms with Gasteiger partial charge >= 0.3 is 0 Å². The van der Waals surface area contributed by atoms with Gasteiger partial charge in [-0.15, -0.1) is 0 Å². The maximum absolute atomic E-state index is 12.4. The molecule has 7 heteroatoms. The highest BCUT2D eigenvalue weighted by Gasteiger charge is 2.15. The zero-order chi connectivity index (χ0) is 21.0. The first-order valence-electron chi connectivity index (χ1n) is 9.19. The summed E-state index contributed by atoms with van der Waals surface area (Å²) in [6.07, 6.45) is 0.727. The van der Waals surface area contributed by atoms with Crippen molar-refractivity contribution in [2.24, 2.45) is 0 Å². The Balaban J connectivity index is 2.11. The van der Waals surface area contributed by atoms with Crippen LogP contribution in [0.3, 0.4) is 0 Å². The number of H-pyrrole nitrogens is 1. The van der Waals surface area contributed by atoms with Crippen LogP contribution in [0, 0.1) is 0 Å². The van der Waals surface area contributed by atoms with Crippen molar-refractivity contribution in [3.63, 3.8) is 0 Å². The predicted molar refractivity (Wildman–Crippen MR) is 113 cm³/mol. The molecule has 3 aromatic rings. The van der Waals surface area contributed by atoms with Gasteiger partial charge < -0.3 is 14.8 Å². The molecule has 7 nitrogen and oxygen atoms in total. The van der Waals surface area contributed by atoms with E-state index in [1.165, 1.54) is 13.0 Å². The lowest BCUT2D eigenvalue weighted by Gasteiger charge is -2.17. The first-order valence-corrected chi connectivity index (χ1v) is 9.19. The first-order chi connectivity index (χ1) is 13.9. The maximum atomic E-state index is 12.4. The van der Waals surface area contributed by atoms with Gasteiger partial charge in [0, 0.05) is 46.8 Å². The predicted octanol–water partition coefficient (Wildman–Crippen LogP) is 3.96. The fourth-order valence-electron chi connectivity index (χ4n) is 3.10. The number of nitrogens with one attached hydrogen (secondary N) is 2. The Morgan fingerprint density at radius 3 is 2.28 bits per heavy atom. The van der Waals surface area contributed by atoms with Crippen molar-refractivity contribution < 1.29 is 14.3 Å². The Labute approximate surface area is 168 Å². The van der Waals surface area contributed by atoms with Gasteiger partial charge in [-0.1, -0.05) is 6.92 Å². The van der Waals surface area contributed by atoms with E-state index in [-0.39, 0.29) is 11.3 Å². The number of aromatic amines is 1. The molecular formula is C22H23N3O4. The number of nitrogens with zero attached hydrogens (tertiary/aromatic N) is 1. The Bertz CT molecular complexity index is 1060. The molecule has 0 saturated heterocycles. The maximum Gasteiger partial charge on any atom is 0.264 e. The van der Waals surface area contributed by atoms with E-state index in [9.17, 15) is 9.59 Å². The van der Waals surface area contributed by atoms with Crippen LogP contribution >= 0.6 is 0 Å².